The van der Waals surface area contributed by atoms with Gasteiger partial charge in [0.15, 0.2) is 0 Å². The van der Waals surface area contributed by atoms with E-state index in [2.05, 4.69) is 15.9 Å². The highest BCUT2D eigenvalue weighted by Crippen LogP contribution is 2.22. The zero-order valence-corrected chi connectivity index (χ0v) is 12.7. The van der Waals surface area contributed by atoms with Gasteiger partial charge in [0.2, 0.25) is 0 Å². The van der Waals surface area contributed by atoms with Gasteiger partial charge in [0, 0.05) is 15.7 Å². The molecule has 0 bridgehead atoms. The van der Waals surface area contributed by atoms with Gasteiger partial charge < -0.3 is 5.73 Å². The van der Waals surface area contributed by atoms with Crippen LogP contribution in [0.4, 0.5) is 10.1 Å². The smallest absolute Gasteiger partial charge is 0.128 e. The average molecular weight is 342 g/mol. The van der Waals surface area contributed by atoms with Crippen LogP contribution in [0.2, 0.25) is 0 Å². The predicted octanol–water partition coefficient (Wildman–Crippen LogP) is 3.79. The normalized spacial score (nSPS) is 12.4. The minimum atomic E-state index is -1.35. The van der Waals surface area contributed by atoms with Gasteiger partial charge in [0.05, 0.1) is 21.4 Å². The molecular formula is C14H13BrFNOS. The van der Waals surface area contributed by atoms with E-state index in [0.29, 0.717) is 20.6 Å². The minimum absolute atomic E-state index is 0.117. The quantitative estimate of drug-likeness (QED) is 0.863. The minimum Gasteiger partial charge on any atom is -0.398 e. The number of hydrogen-bond donors (Lipinski definition) is 1. The molecule has 100 valence electrons. The highest BCUT2D eigenvalue weighted by Gasteiger charge is 2.12. The Balaban J connectivity index is 2.25. The third-order valence-electron chi connectivity index (χ3n) is 2.71. The van der Waals surface area contributed by atoms with E-state index < -0.39 is 10.8 Å². The maximum absolute atomic E-state index is 13.7. The zero-order valence-electron chi connectivity index (χ0n) is 10.3. The van der Waals surface area contributed by atoms with Gasteiger partial charge in [-0.2, -0.15) is 0 Å². The van der Waals surface area contributed by atoms with Crippen molar-refractivity contribution in [2.45, 2.75) is 17.6 Å². The Labute approximate surface area is 122 Å². The molecule has 0 saturated heterocycles. The molecule has 0 aliphatic heterocycles. The second-order valence-electron chi connectivity index (χ2n) is 4.27. The van der Waals surface area contributed by atoms with Gasteiger partial charge in [-0.3, -0.25) is 4.21 Å². The highest BCUT2D eigenvalue weighted by atomic mass is 79.9. The SMILES string of the molecule is Cc1ccc(S(=O)Cc2ccc(Br)cc2F)c(N)c1. The van der Waals surface area contributed by atoms with Gasteiger partial charge in [-0.1, -0.05) is 28.1 Å². The lowest BCUT2D eigenvalue weighted by Gasteiger charge is -2.08. The van der Waals surface area contributed by atoms with Crippen LogP contribution in [0.15, 0.2) is 45.8 Å². The van der Waals surface area contributed by atoms with Crippen LogP contribution in [0.25, 0.3) is 0 Å². The Hall–Kier alpha value is -1.20. The Morgan fingerprint density at radius 1 is 1.26 bits per heavy atom. The molecule has 0 fully saturated rings. The zero-order chi connectivity index (χ0) is 14.0. The maximum atomic E-state index is 13.7. The number of benzene rings is 2. The largest absolute Gasteiger partial charge is 0.398 e. The van der Waals surface area contributed by atoms with E-state index in [1.54, 1.807) is 24.3 Å². The van der Waals surface area contributed by atoms with Crippen LogP contribution in [-0.4, -0.2) is 4.21 Å². The number of hydrogen-bond acceptors (Lipinski definition) is 2. The summed E-state index contributed by atoms with van der Waals surface area (Å²) in [6.07, 6.45) is 0. The summed E-state index contributed by atoms with van der Waals surface area (Å²) >= 11 is 3.19. The van der Waals surface area contributed by atoms with E-state index in [1.807, 2.05) is 13.0 Å². The summed E-state index contributed by atoms with van der Waals surface area (Å²) in [5, 5.41) is 0. The first-order valence-corrected chi connectivity index (χ1v) is 7.77. The van der Waals surface area contributed by atoms with Gasteiger partial charge in [-0.05, 0) is 36.8 Å². The summed E-state index contributed by atoms with van der Waals surface area (Å²) in [6.45, 7) is 1.91. The molecule has 0 radical (unpaired) electrons. The lowest BCUT2D eigenvalue weighted by Crippen LogP contribution is -2.02. The molecule has 1 atom stereocenters. The monoisotopic (exact) mass is 341 g/mol. The topological polar surface area (TPSA) is 43.1 Å². The summed E-state index contributed by atoms with van der Waals surface area (Å²) in [5.41, 5.74) is 7.75. The number of nitrogen functional groups attached to an aromatic ring is 1. The summed E-state index contributed by atoms with van der Waals surface area (Å²) in [4.78, 5) is 0.549. The molecule has 2 N–H and O–H groups in total. The van der Waals surface area contributed by atoms with Crippen molar-refractivity contribution in [1.82, 2.24) is 0 Å². The predicted molar refractivity (Wildman–Crippen MR) is 79.8 cm³/mol. The van der Waals surface area contributed by atoms with Crippen LogP contribution < -0.4 is 5.73 Å². The standard InChI is InChI=1S/C14H13BrFNOS/c1-9-2-5-14(13(17)6-9)19(18)8-10-3-4-11(15)7-12(10)16/h2-7H,8,17H2,1H3. The van der Waals surface area contributed by atoms with Gasteiger partial charge in [0.25, 0.3) is 0 Å². The number of nitrogens with two attached hydrogens (primary N) is 1. The van der Waals surface area contributed by atoms with E-state index in [4.69, 9.17) is 5.73 Å². The molecule has 1 unspecified atom stereocenters. The second-order valence-corrected chi connectivity index (χ2v) is 6.60. The fourth-order valence-electron chi connectivity index (χ4n) is 1.73. The van der Waals surface area contributed by atoms with Crippen molar-refractivity contribution in [2.75, 3.05) is 5.73 Å². The van der Waals surface area contributed by atoms with E-state index in [1.165, 1.54) is 6.07 Å². The lowest BCUT2D eigenvalue weighted by molar-refractivity contribution is 0.614. The first kappa shape index (κ1) is 14.2. The number of halogens is 2. The maximum Gasteiger partial charge on any atom is 0.128 e. The summed E-state index contributed by atoms with van der Waals surface area (Å²) in [6, 6.07) is 10.1. The highest BCUT2D eigenvalue weighted by molar-refractivity contribution is 9.10. The number of aryl methyl sites for hydroxylation is 1. The van der Waals surface area contributed by atoms with E-state index in [-0.39, 0.29) is 11.6 Å². The van der Waals surface area contributed by atoms with Gasteiger partial charge in [-0.25, -0.2) is 4.39 Å². The molecule has 0 aromatic heterocycles. The molecule has 0 spiro atoms. The van der Waals surface area contributed by atoms with Gasteiger partial charge in [-0.15, -0.1) is 0 Å². The van der Waals surface area contributed by atoms with Crippen molar-refractivity contribution in [2.24, 2.45) is 0 Å². The molecule has 2 nitrogen and oxygen atoms in total. The molecular weight excluding hydrogens is 329 g/mol. The second kappa shape index (κ2) is 5.84. The van der Waals surface area contributed by atoms with Crippen molar-refractivity contribution >= 4 is 32.4 Å². The molecule has 0 amide bonds. The van der Waals surface area contributed by atoms with Crippen molar-refractivity contribution in [3.05, 3.63) is 57.8 Å². The molecule has 0 aliphatic rings. The fraction of sp³-hybridized carbons (Fsp3) is 0.143. The van der Waals surface area contributed by atoms with Gasteiger partial charge in [0.1, 0.15) is 5.82 Å². The third kappa shape index (κ3) is 3.42. The van der Waals surface area contributed by atoms with E-state index in [9.17, 15) is 8.60 Å². The Kier molecular flexibility index (Phi) is 4.37. The summed E-state index contributed by atoms with van der Waals surface area (Å²) < 4.78 is 26.6. The fourth-order valence-corrected chi connectivity index (χ4v) is 3.28. The third-order valence-corrected chi connectivity index (χ3v) is 4.64. The number of anilines is 1. The summed E-state index contributed by atoms with van der Waals surface area (Å²) in [5.74, 6) is -0.250. The molecule has 0 saturated carbocycles. The average Bonchev–Trinajstić information content (AvgIpc) is 2.32. The van der Waals surface area contributed by atoms with E-state index in [0.717, 1.165) is 5.56 Å². The molecule has 19 heavy (non-hydrogen) atoms. The van der Waals surface area contributed by atoms with Crippen LogP contribution in [-0.2, 0) is 16.6 Å². The molecule has 2 aromatic carbocycles. The Bertz CT molecular complexity index is 645. The van der Waals surface area contributed by atoms with Crippen LogP contribution in [0.1, 0.15) is 11.1 Å². The lowest BCUT2D eigenvalue weighted by atomic mass is 10.2. The molecule has 5 heteroatoms. The van der Waals surface area contributed by atoms with Crippen LogP contribution in [0, 0.1) is 12.7 Å². The summed E-state index contributed by atoms with van der Waals surface area (Å²) in [7, 11) is -1.35. The van der Waals surface area contributed by atoms with Crippen molar-refractivity contribution in [3.63, 3.8) is 0 Å². The molecule has 2 aromatic rings. The Morgan fingerprint density at radius 2 is 2.00 bits per heavy atom. The Morgan fingerprint density at radius 3 is 2.63 bits per heavy atom. The van der Waals surface area contributed by atoms with Crippen molar-refractivity contribution in [1.29, 1.82) is 0 Å². The van der Waals surface area contributed by atoms with E-state index >= 15 is 0 Å². The number of rotatable bonds is 3. The first-order chi connectivity index (χ1) is 8.97. The first-order valence-electron chi connectivity index (χ1n) is 5.66. The molecule has 2 rings (SSSR count). The van der Waals surface area contributed by atoms with Crippen molar-refractivity contribution < 1.29 is 8.60 Å². The van der Waals surface area contributed by atoms with Crippen molar-refractivity contribution in [3.8, 4) is 0 Å². The van der Waals surface area contributed by atoms with Crippen LogP contribution in [0.5, 0.6) is 0 Å². The van der Waals surface area contributed by atoms with Crippen LogP contribution in [0.3, 0.4) is 0 Å². The van der Waals surface area contributed by atoms with Crippen LogP contribution >= 0.6 is 15.9 Å². The molecule has 0 aliphatic carbocycles. The molecule has 0 heterocycles. The van der Waals surface area contributed by atoms with Gasteiger partial charge >= 0.3 is 0 Å².